The van der Waals surface area contributed by atoms with Crippen LogP contribution in [-0.2, 0) is 14.1 Å². The van der Waals surface area contributed by atoms with Crippen LogP contribution in [0, 0.1) is 6.92 Å². The largest absolute Gasteiger partial charge is 0.336 e. The van der Waals surface area contributed by atoms with E-state index in [4.69, 9.17) is 11.6 Å². The van der Waals surface area contributed by atoms with Crippen LogP contribution in [0.4, 0.5) is 5.69 Å². The van der Waals surface area contributed by atoms with Crippen molar-refractivity contribution in [2.75, 3.05) is 4.90 Å². The maximum Gasteiger partial charge on any atom is 0.330 e. The second-order valence-corrected chi connectivity index (χ2v) is 7.45. The Balaban J connectivity index is 2.01. The number of hydrogen-bond donors (Lipinski definition) is 0. The van der Waals surface area contributed by atoms with Crippen molar-refractivity contribution in [2.45, 2.75) is 13.0 Å². The number of hydrogen-bond acceptors (Lipinski definition) is 3. The first kappa shape index (κ1) is 18.3. The molecule has 0 bridgehead atoms. The van der Waals surface area contributed by atoms with Gasteiger partial charge in [-0.15, -0.1) is 0 Å². The molecule has 3 aromatic rings. The molecule has 5 nitrogen and oxygen atoms in total. The van der Waals surface area contributed by atoms with Gasteiger partial charge in [0, 0.05) is 31.0 Å². The molecule has 6 heteroatoms. The number of aryl methyl sites for hydroxylation is 1. The quantitative estimate of drug-likeness (QED) is 0.668. The summed E-state index contributed by atoms with van der Waals surface area (Å²) in [7, 11) is 3.20. The minimum absolute atomic E-state index is 0.292. The average molecular weight is 394 g/mol. The summed E-state index contributed by atoms with van der Waals surface area (Å²) in [5.41, 5.74) is 3.60. The van der Waals surface area contributed by atoms with Gasteiger partial charge in [0.15, 0.2) is 0 Å². The van der Waals surface area contributed by atoms with Gasteiger partial charge in [-0.3, -0.25) is 13.9 Å². The normalized spacial score (nSPS) is 15.6. The molecule has 1 atom stereocenters. The van der Waals surface area contributed by atoms with Crippen molar-refractivity contribution < 1.29 is 0 Å². The smallest absolute Gasteiger partial charge is 0.330 e. The molecule has 1 aliphatic heterocycles. The fraction of sp³-hybridized carbons (Fsp3) is 0.182. The molecule has 1 aromatic heterocycles. The summed E-state index contributed by atoms with van der Waals surface area (Å²) in [4.78, 5) is 27.6. The minimum Gasteiger partial charge on any atom is -0.336 e. The van der Waals surface area contributed by atoms with E-state index in [0.29, 0.717) is 16.3 Å². The number of halogens is 1. The Bertz CT molecular complexity index is 1190. The van der Waals surface area contributed by atoms with Crippen molar-refractivity contribution in [3.63, 3.8) is 0 Å². The lowest BCUT2D eigenvalue weighted by atomic mass is 9.93. The Morgan fingerprint density at radius 2 is 1.54 bits per heavy atom. The fourth-order valence-corrected chi connectivity index (χ4v) is 3.77. The monoisotopic (exact) mass is 393 g/mol. The van der Waals surface area contributed by atoms with E-state index in [1.165, 1.54) is 11.6 Å². The van der Waals surface area contributed by atoms with Gasteiger partial charge in [0.25, 0.3) is 5.56 Å². The molecule has 2 aromatic carbocycles. The first-order valence-electron chi connectivity index (χ1n) is 8.97. The van der Waals surface area contributed by atoms with Gasteiger partial charge in [-0.05, 0) is 42.8 Å². The molecule has 142 valence electrons. The van der Waals surface area contributed by atoms with Crippen molar-refractivity contribution in [3.05, 3.63) is 103 Å². The van der Waals surface area contributed by atoms with Gasteiger partial charge in [-0.25, -0.2) is 4.79 Å². The molecule has 0 amide bonds. The Kier molecular flexibility index (Phi) is 4.47. The van der Waals surface area contributed by atoms with E-state index >= 15 is 0 Å². The van der Waals surface area contributed by atoms with E-state index in [1.54, 1.807) is 7.05 Å². The third-order valence-corrected chi connectivity index (χ3v) is 5.46. The summed E-state index contributed by atoms with van der Waals surface area (Å²) in [5, 5.41) is 0.630. The molecule has 0 N–H and O–H groups in total. The topological polar surface area (TPSA) is 47.2 Å². The van der Waals surface area contributed by atoms with Crippen LogP contribution in [0.15, 0.2) is 64.3 Å². The first-order valence-corrected chi connectivity index (χ1v) is 9.35. The Hall–Kier alpha value is -3.05. The van der Waals surface area contributed by atoms with Crippen LogP contribution in [0.5, 0.6) is 0 Å². The van der Waals surface area contributed by atoms with Crippen molar-refractivity contribution >= 4 is 23.4 Å². The van der Waals surface area contributed by atoms with Crippen LogP contribution >= 0.6 is 11.6 Å². The maximum absolute atomic E-state index is 13.1. The molecule has 2 heterocycles. The van der Waals surface area contributed by atoms with Gasteiger partial charge in [-0.2, -0.15) is 0 Å². The lowest BCUT2D eigenvalue weighted by Crippen LogP contribution is -2.44. The van der Waals surface area contributed by atoms with E-state index in [1.807, 2.05) is 67.7 Å². The molecular weight excluding hydrogens is 374 g/mol. The highest BCUT2D eigenvalue weighted by atomic mass is 35.5. The zero-order valence-electron chi connectivity index (χ0n) is 15.9. The number of rotatable bonds is 2. The number of benzene rings is 2. The molecule has 0 saturated heterocycles. The standard InChI is InChI=1S/C22H20ClN3O2/c1-14-4-10-17(11-5-14)26-13-12-18-19(21(27)25(3)22(28)24(18)2)20(26)15-6-8-16(23)9-7-15/h4-13,20H,1-3H3. The lowest BCUT2D eigenvalue weighted by molar-refractivity contribution is 0.638. The highest BCUT2D eigenvalue weighted by molar-refractivity contribution is 6.30. The molecule has 28 heavy (non-hydrogen) atoms. The maximum atomic E-state index is 13.1. The van der Waals surface area contributed by atoms with Crippen molar-refractivity contribution in [2.24, 2.45) is 14.1 Å². The zero-order chi connectivity index (χ0) is 20.0. The Morgan fingerprint density at radius 1 is 0.893 bits per heavy atom. The van der Waals surface area contributed by atoms with Gasteiger partial charge in [-0.1, -0.05) is 41.4 Å². The summed E-state index contributed by atoms with van der Waals surface area (Å²) >= 11 is 6.09. The molecule has 0 spiro atoms. The number of fused-ring (bicyclic) bond motifs is 1. The van der Waals surface area contributed by atoms with Gasteiger partial charge >= 0.3 is 5.69 Å². The molecular formula is C22H20ClN3O2. The third kappa shape index (κ3) is 2.88. The van der Waals surface area contributed by atoms with Crippen LogP contribution in [0.1, 0.15) is 28.4 Å². The van der Waals surface area contributed by atoms with Gasteiger partial charge in [0.2, 0.25) is 0 Å². The molecule has 1 aliphatic rings. The van der Waals surface area contributed by atoms with Crippen LogP contribution in [0.2, 0.25) is 5.02 Å². The minimum atomic E-state index is -0.370. The van der Waals surface area contributed by atoms with Crippen molar-refractivity contribution in [1.82, 2.24) is 9.13 Å². The highest BCUT2D eigenvalue weighted by Gasteiger charge is 2.31. The van der Waals surface area contributed by atoms with E-state index in [9.17, 15) is 9.59 Å². The predicted molar refractivity (Wildman–Crippen MR) is 113 cm³/mol. The van der Waals surface area contributed by atoms with E-state index in [-0.39, 0.29) is 17.3 Å². The van der Waals surface area contributed by atoms with E-state index in [2.05, 4.69) is 4.90 Å². The van der Waals surface area contributed by atoms with Crippen LogP contribution in [0.25, 0.3) is 6.08 Å². The summed E-state index contributed by atoms with van der Waals surface area (Å²) in [5.74, 6) is 0. The van der Waals surface area contributed by atoms with Crippen LogP contribution in [0.3, 0.4) is 0 Å². The highest BCUT2D eigenvalue weighted by Crippen LogP contribution is 2.37. The van der Waals surface area contributed by atoms with Gasteiger partial charge in [0.1, 0.15) is 0 Å². The molecule has 1 unspecified atom stereocenters. The summed E-state index contributed by atoms with van der Waals surface area (Å²) in [6, 6.07) is 15.2. The Morgan fingerprint density at radius 3 is 2.18 bits per heavy atom. The second-order valence-electron chi connectivity index (χ2n) is 7.02. The van der Waals surface area contributed by atoms with E-state index < -0.39 is 0 Å². The summed E-state index contributed by atoms with van der Waals surface area (Å²) < 4.78 is 2.68. The summed E-state index contributed by atoms with van der Waals surface area (Å²) in [6.07, 6.45) is 3.75. The lowest BCUT2D eigenvalue weighted by Gasteiger charge is -2.35. The third-order valence-electron chi connectivity index (χ3n) is 5.21. The zero-order valence-corrected chi connectivity index (χ0v) is 16.6. The average Bonchev–Trinajstić information content (AvgIpc) is 2.71. The van der Waals surface area contributed by atoms with Crippen LogP contribution < -0.4 is 16.1 Å². The predicted octanol–water partition coefficient (Wildman–Crippen LogP) is 3.63. The summed E-state index contributed by atoms with van der Waals surface area (Å²) in [6.45, 7) is 2.04. The Labute approximate surface area is 167 Å². The second kappa shape index (κ2) is 6.84. The first-order chi connectivity index (χ1) is 13.4. The van der Waals surface area contributed by atoms with Crippen molar-refractivity contribution in [3.8, 4) is 0 Å². The molecule has 0 aliphatic carbocycles. The number of anilines is 1. The number of aromatic nitrogens is 2. The fourth-order valence-electron chi connectivity index (χ4n) is 3.64. The number of nitrogens with zero attached hydrogens (tertiary/aromatic N) is 3. The molecule has 4 rings (SSSR count). The molecule has 0 saturated carbocycles. The van der Waals surface area contributed by atoms with E-state index in [0.717, 1.165) is 21.4 Å². The molecule has 0 fully saturated rings. The molecule has 0 radical (unpaired) electrons. The SMILES string of the molecule is Cc1ccc(N2C=Cc3c(c(=O)n(C)c(=O)n3C)C2c2ccc(Cl)cc2)cc1. The van der Waals surface area contributed by atoms with Crippen LogP contribution in [-0.4, -0.2) is 9.13 Å². The van der Waals surface area contributed by atoms with Gasteiger partial charge < -0.3 is 4.90 Å². The van der Waals surface area contributed by atoms with Gasteiger partial charge in [0.05, 0.1) is 17.3 Å². The van der Waals surface area contributed by atoms with Crippen molar-refractivity contribution in [1.29, 1.82) is 0 Å².